The maximum absolute atomic E-state index is 10.7. The third-order valence-electron chi connectivity index (χ3n) is 5.46. The molecule has 0 radical (unpaired) electrons. The summed E-state index contributed by atoms with van der Waals surface area (Å²) in [6.45, 7) is 1.75. The molecule has 2 aromatic rings. The molecular formula is C21H25N3O3. The smallest absolute Gasteiger partial charge is 0.162 e. The standard InChI is InChI=1S/C21H25N3O3/c1-27-19-8-4-6-15(20(19)26)17-13-16(14-5-2-3-7-18(14)25)23-21(24-17)9-11-22-12-10-21/h2-8,17,22,24-26H,9-13H2,1H3/t17-/m1/s1. The second-order valence-electron chi connectivity index (χ2n) is 7.16. The maximum Gasteiger partial charge on any atom is 0.162 e. The van der Waals surface area contributed by atoms with E-state index < -0.39 is 5.66 Å². The van der Waals surface area contributed by atoms with Crippen LogP contribution in [0, 0.1) is 0 Å². The highest BCUT2D eigenvalue weighted by Gasteiger charge is 2.39. The van der Waals surface area contributed by atoms with Gasteiger partial charge in [0.25, 0.3) is 0 Å². The second-order valence-corrected chi connectivity index (χ2v) is 7.16. The number of piperidine rings is 1. The van der Waals surface area contributed by atoms with Gasteiger partial charge in [0.2, 0.25) is 0 Å². The number of para-hydroxylation sites is 2. The van der Waals surface area contributed by atoms with Gasteiger partial charge in [0, 0.05) is 29.3 Å². The van der Waals surface area contributed by atoms with E-state index in [0.717, 1.165) is 42.8 Å². The van der Waals surface area contributed by atoms with Crippen molar-refractivity contribution in [2.45, 2.75) is 31.0 Å². The molecule has 1 saturated heterocycles. The molecule has 0 saturated carbocycles. The average Bonchev–Trinajstić information content (AvgIpc) is 2.68. The molecule has 4 N–H and O–H groups in total. The van der Waals surface area contributed by atoms with Crippen molar-refractivity contribution in [3.8, 4) is 17.2 Å². The number of phenols is 2. The number of hydrogen-bond donors (Lipinski definition) is 4. The molecule has 4 rings (SSSR count). The number of phenolic OH excluding ortho intramolecular Hbond substituents is 2. The zero-order chi connectivity index (χ0) is 18.9. The molecule has 0 bridgehead atoms. The predicted molar refractivity (Wildman–Crippen MR) is 105 cm³/mol. The summed E-state index contributed by atoms with van der Waals surface area (Å²) in [5.41, 5.74) is 2.00. The molecule has 27 heavy (non-hydrogen) atoms. The summed E-state index contributed by atoms with van der Waals surface area (Å²) in [5, 5.41) is 28.1. The van der Waals surface area contributed by atoms with Crippen molar-refractivity contribution < 1.29 is 14.9 Å². The highest BCUT2D eigenvalue weighted by Crippen LogP contribution is 2.40. The lowest BCUT2D eigenvalue weighted by molar-refractivity contribution is 0.215. The number of ether oxygens (including phenoxy) is 1. The fourth-order valence-electron chi connectivity index (χ4n) is 4.06. The number of nitrogens with zero attached hydrogens (tertiary/aromatic N) is 1. The zero-order valence-corrected chi connectivity index (χ0v) is 15.4. The van der Waals surface area contributed by atoms with Crippen LogP contribution in [-0.4, -0.2) is 41.8 Å². The molecule has 0 unspecified atom stereocenters. The van der Waals surface area contributed by atoms with Crippen LogP contribution in [0.2, 0.25) is 0 Å². The molecule has 6 nitrogen and oxygen atoms in total. The van der Waals surface area contributed by atoms with Crippen LogP contribution < -0.4 is 15.4 Å². The topological polar surface area (TPSA) is 86.1 Å². The Bertz CT molecular complexity index is 860. The number of methoxy groups -OCH3 is 1. The first-order valence-corrected chi connectivity index (χ1v) is 9.33. The summed E-state index contributed by atoms with van der Waals surface area (Å²) in [4.78, 5) is 5.04. The van der Waals surface area contributed by atoms with E-state index in [-0.39, 0.29) is 17.5 Å². The quantitative estimate of drug-likeness (QED) is 0.670. The number of benzene rings is 2. The largest absolute Gasteiger partial charge is 0.507 e. The van der Waals surface area contributed by atoms with Gasteiger partial charge in [-0.2, -0.15) is 0 Å². The van der Waals surface area contributed by atoms with E-state index in [9.17, 15) is 10.2 Å². The molecule has 0 aliphatic carbocycles. The summed E-state index contributed by atoms with van der Waals surface area (Å²) >= 11 is 0. The van der Waals surface area contributed by atoms with Crippen molar-refractivity contribution in [2.75, 3.05) is 20.2 Å². The van der Waals surface area contributed by atoms with E-state index in [1.807, 2.05) is 30.3 Å². The van der Waals surface area contributed by atoms with Crippen molar-refractivity contribution in [1.29, 1.82) is 0 Å². The third kappa shape index (κ3) is 3.38. The molecule has 1 atom stereocenters. The molecule has 0 aromatic heterocycles. The second kappa shape index (κ2) is 7.21. The maximum atomic E-state index is 10.7. The highest BCUT2D eigenvalue weighted by molar-refractivity contribution is 6.03. The zero-order valence-electron chi connectivity index (χ0n) is 15.4. The fourth-order valence-corrected chi connectivity index (χ4v) is 4.06. The van der Waals surface area contributed by atoms with Crippen molar-refractivity contribution in [1.82, 2.24) is 10.6 Å². The Kier molecular flexibility index (Phi) is 4.76. The summed E-state index contributed by atoms with van der Waals surface area (Å²) in [5.74, 6) is 0.844. The Morgan fingerprint density at radius 2 is 1.85 bits per heavy atom. The highest BCUT2D eigenvalue weighted by atomic mass is 16.5. The Morgan fingerprint density at radius 1 is 1.07 bits per heavy atom. The van der Waals surface area contributed by atoms with Gasteiger partial charge in [-0.1, -0.05) is 24.3 Å². The minimum atomic E-state index is -0.401. The van der Waals surface area contributed by atoms with E-state index in [1.165, 1.54) is 0 Å². The average molecular weight is 367 g/mol. The van der Waals surface area contributed by atoms with Gasteiger partial charge in [-0.3, -0.25) is 10.3 Å². The Labute approximate surface area is 158 Å². The predicted octanol–water partition coefficient (Wildman–Crippen LogP) is 2.71. The van der Waals surface area contributed by atoms with E-state index in [0.29, 0.717) is 12.2 Å². The van der Waals surface area contributed by atoms with E-state index in [4.69, 9.17) is 9.73 Å². The van der Waals surface area contributed by atoms with Gasteiger partial charge in [0.1, 0.15) is 11.4 Å². The first-order valence-electron chi connectivity index (χ1n) is 9.33. The molecular weight excluding hydrogens is 342 g/mol. The van der Waals surface area contributed by atoms with Gasteiger partial charge in [0.15, 0.2) is 11.5 Å². The molecule has 2 aliphatic rings. The SMILES string of the molecule is COc1cccc([C@H]2CC(c3ccccc3O)=NC3(CCNCC3)N2)c1O. The van der Waals surface area contributed by atoms with Gasteiger partial charge in [0.05, 0.1) is 7.11 Å². The van der Waals surface area contributed by atoms with Crippen LogP contribution in [0.4, 0.5) is 0 Å². The van der Waals surface area contributed by atoms with Crippen LogP contribution in [0.3, 0.4) is 0 Å². The minimum absolute atomic E-state index is 0.120. The van der Waals surface area contributed by atoms with Crippen LogP contribution in [-0.2, 0) is 0 Å². The first kappa shape index (κ1) is 17.8. The van der Waals surface area contributed by atoms with Crippen molar-refractivity contribution >= 4 is 5.71 Å². The Morgan fingerprint density at radius 3 is 2.59 bits per heavy atom. The van der Waals surface area contributed by atoms with Gasteiger partial charge in [-0.25, -0.2) is 0 Å². The third-order valence-corrected chi connectivity index (χ3v) is 5.46. The molecule has 0 amide bonds. The van der Waals surface area contributed by atoms with Crippen LogP contribution >= 0.6 is 0 Å². The number of rotatable bonds is 3. The number of hydrogen-bond acceptors (Lipinski definition) is 6. The summed E-state index contributed by atoms with van der Waals surface area (Å²) in [6, 6.07) is 12.7. The summed E-state index contributed by atoms with van der Waals surface area (Å²) < 4.78 is 5.29. The van der Waals surface area contributed by atoms with Crippen molar-refractivity contribution in [3.63, 3.8) is 0 Å². The Balaban J connectivity index is 1.77. The molecule has 142 valence electrons. The normalized spacial score (nSPS) is 21.7. The molecule has 2 aliphatic heterocycles. The summed E-state index contributed by atoms with van der Waals surface area (Å²) in [6.07, 6.45) is 2.28. The fraction of sp³-hybridized carbons (Fsp3) is 0.381. The van der Waals surface area contributed by atoms with E-state index in [1.54, 1.807) is 19.2 Å². The van der Waals surface area contributed by atoms with Crippen molar-refractivity contribution in [3.05, 3.63) is 53.6 Å². The van der Waals surface area contributed by atoms with E-state index >= 15 is 0 Å². The molecule has 1 spiro atoms. The van der Waals surface area contributed by atoms with Crippen LogP contribution in [0.1, 0.15) is 36.4 Å². The van der Waals surface area contributed by atoms with Gasteiger partial charge in [-0.15, -0.1) is 0 Å². The Hall–Kier alpha value is -2.57. The lowest BCUT2D eigenvalue weighted by Gasteiger charge is -2.42. The van der Waals surface area contributed by atoms with Gasteiger partial charge < -0.3 is 20.3 Å². The molecule has 2 aromatic carbocycles. The van der Waals surface area contributed by atoms with Gasteiger partial charge >= 0.3 is 0 Å². The lowest BCUT2D eigenvalue weighted by Crippen LogP contribution is -2.55. The van der Waals surface area contributed by atoms with Crippen molar-refractivity contribution in [2.24, 2.45) is 4.99 Å². The van der Waals surface area contributed by atoms with E-state index in [2.05, 4.69) is 10.6 Å². The molecule has 2 heterocycles. The lowest BCUT2D eigenvalue weighted by atomic mass is 9.87. The first-order chi connectivity index (χ1) is 13.1. The minimum Gasteiger partial charge on any atom is -0.507 e. The monoisotopic (exact) mass is 367 g/mol. The number of aliphatic imine (C=N–C) groups is 1. The van der Waals surface area contributed by atoms with Crippen LogP contribution in [0.15, 0.2) is 47.5 Å². The van der Waals surface area contributed by atoms with Gasteiger partial charge in [-0.05, 0) is 44.1 Å². The molecule has 6 heteroatoms. The number of nitrogens with one attached hydrogen (secondary N) is 2. The van der Waals surface area contributed by atoms with Crippen LogP contribution in [0.5, 0.6) is 17.2 Å². The summed E-state index contributed by atoms with van der Waals surface area (Å²) in [7, 11) is 1.55. The van der Waals surface area contributed by atoms with Crippen LogP contribution in [0.25, 0.3) is 0 Å². The molecule has 1 fully saturated rings. The number of aromatic hydroxyl groups is 2.